The summed E-state index contributed by atoms with van der Waals surface area (Å²) in [7, 11) is 0. The lowest BCUT2D eigenvalue weighted by Crippen LogP contribution is -2.13. The normalized spacial score (nSPS) is 17.0. The van der Waals surface area contributed by atoms with Gasteiger partial charge in [0, 0.05) is 6.08 Å². The average molecular weight is 123 g/mol. The average Bonchev–Trinajstić information content (AvgIpc) is 1.90. The van der Waals surface area contributed by atoms with E-state index < -0.39 is 0 Å². The second-order valence-electron chi connectivity index (χ2n) is 1.72. The van der Waals surface area contributed by atoms with Gasteiger partial charge in [0.1, 0.15) is 0 Å². The van der Waals surface area contributed by atoms with E-state index in [-0.39, 0.29) is 5.91 Å². The summed E-state index contributed by atoms with van der Waals surface area (Å²) >= 11 is 0. The third-order valence-corrected chi connectivity index (χ3v) is 1.06. The predicted octanol–water partition coefficient (Wildman–Crippen LogP) is 0.453. The largest absolute Gasteiger partial charge is 0.288 e. The van der Waals surface area contributed by atoms with Gasteiger partial charge in [0.05, 0.1) is 5.71 Å². The molecule has 0 atom stereocenters. The van der Waals surface area contributed by atoms with Crippen LogP contribution in [0.5, 0.6) is 0 Å². The fourth-order valence-corrected chi connectivity index (χ4v) is 0.536. The zero-order chi connectivity index (χ0) is 6.69. The molecule has 0 unspecified atom stereocenters. The fraction of sp³-hybridized carbons (Fsp3) is 0.333. The van der Waals surface area contributed by atoms with Crippen molar-refractivity contribution >= 4 is 11.6 Å². The lowest BCUT2D eigenvalue weighted by molar-refractivity contribution is -0.116. The summed E-state index contributed by atoms with van der Waals surface area (Å²) in [4.78, 5) is 10.4. The van der Waals surface area contributed by atoms with Gasteiger partial charge in [-0.25, -0.2) is 0 Å². The maximum Gasteiger partial charge on any atom is 0.288 e. The Morgan fingerprint density at radius 3 is 2.78 bits per heavy atom. The standard InChI is InChI=1S/C6H7N2O/c1-2-5-3-4-6(9)8-7-5/h3-4H,2H2,1H3. The van der Waals surface area contributed by atoms with Crippen molar-refractivity contribution in [2.45, 2.75) is 13.3 Å². The number of carbonyl (C=O) groups excluding carboxylic acids is 1. The molecule has 3 heteroatoms. The molecule has 0 aromatic heterocycles. The van der Waals surface area contributed by atoms with E-state index in [1.54, 1.807) is 6.08 Å². The summed E-state index contributed by atoms with van der Waals surface area (Å²) in [6.07, 6.45) is 3.94. The topological polar surface area (TPSA) is 43.5 Å². The number of carbonyl (C=O) groups is 1. The van der Waals surface area contributed by atoms with Gasteiger partial charge in [-0.3, -0.25) is 4.79 Å². The summed E-state index contributed by atoms with van der Waals surface area (Å²) in [5.41, 5.74) is 4.20. The van der Waals surface area contributed by atoms with Crippen LogP contribution in [0.15, 0.2) is 17.3 Å². The maximum atomic E-state index is 10.4. The van der Waals surface area contributed by atoms with Crippen LogP contribution >= 0.6 is 0 Å². The van der Waals surface area contributed by atoms with Gasteiger partial charge in [-0.15, -0.1) is 5.43 Å². The molecule has 0 aromatic rings. The van der Waals surface area contributed by atoms with Crippen LogP contribution in [-0.2, 0) is 4.79 Å². The zero-order valence-electron chi connectivity index (χ0n) is 5.16. The highest BCUT2D eigenvalue weighted by molar-refractivity contribution is 6.03. The van der Waals surface area contributed by atoms with Crippen LogP contribution in [0.3, 0.4) is 0 Å². The molecule has 0 aliphatic carbocycles. The van der Waals surface area contributed by atoms with Crippen molar-refractivity contribution in [3.63, 3.8) is 0 Å². The quantitative estimate of drug-likeness (QED) is 0.499. The van der Waals surface area contributed by atoms with Crippen LogP contribution in [0.2, 0.25) is 0 Å². The minimum Gasteiger partial charge on any atom is -0.266 e. The molecule has 0 saturated heterocycles. The van der Waals surface area contributed by atoms with Gasteiger partial charge >= 0.3 is 0 Å². The van der Waals surface area contributed by atoms with Crippen molar-refractivity contribution < 1.29 is 4.79 Å². The first-order valence-electron chi connectivity index (χ1n) is 2.82. The Labute approximate surface area is 53.4 Å². The number of nitrogens with zero attached hydrogens (tertiary/aromatic N) is 2. The van der Waals surface area contributed by atoms with Crippen molar-refractivity contribution in [1.29, 1.82) is 0 Å². The molecule has 1 rings (SSSR count). The predicted molar refractivity (Wildman–Crippen MR) is 34.0 cm³/mol. The highest BCUT2D eigenvalue weighted by Crippen LogP contribution is 1.93. The number of rotatable bonds is 1. The van der Waals surface area contributed by atoms with E-state index >= 15 is 0 Å². The van der Waals surface area contributed by atoms with Gasteiger partial charge in [0.25, 0.3) is 5.91 Å². The van der Waals surface area contributed by atoms with Gasteiger partial charge < -0.3 is 0 Å². The summed E-state index contributed by atoms with van der Waals surface area (Å²) in [5, 5.41) is 3.63. The Bertz CT molecular complexity index is 181. The van der Waals surface area contributed by atoms with Crippen molar-refractivity contribution in [2.24, 2.45) is 5.10 Å². The van der Waals surface area contributed by atoms with Gasteiger partial charge in [0.15, 0.2) is 0 Å². The number of hydrogen-bond acceptors (Lipinski definition) is 2. The first kappa shape index (κ1) is 6.01. The highest BCUT2D eigenvalue weighted by Gasteiger charge is 2.02. The number of hydrogen-bond donors (Lipinski definition) is 0. The third kappa shape index (κ3) is 1.38. The molecule has 1 heterocycles. The molecule has 0 saturated carbocycles. The fourth-order valence-electron chi connectivity index (χ4n) is 0.536. The van der Waals surface area contributed by atoms with Crippen molar-refractivity contribution in [3.8, 4) is 0 Å². The number of amides is 1. The van der Waals surface area contributed by atoms with E-state index in [4.69, 9.17) is 0 Å². The summed E-state index contributed by atoms with van der Waals surface area (Å²) < 4.78 is 0. The highest BCUT2D eigenvalue weighted by atomic mass is 16.2. The van der Waals surface area contributed by atoms with Gasteiger partial charge in [0.2, 0.25) is 0 Å². The SMILES string of the molecule is CCC1=N[N]C(=O)C=C1. The minimum absolute atomic E-state index is 0.271. The molecule has 3 nitrogen and oxygen atoms in total. The van der Waals surface area contributed by atoms with E-state index in [1.165, 1.54) is 6.08 Å². The molecule has 1 aliphatic heterocycles. The first-order valence-corrected chi connectivity index (χ1v) is 2.82. The van der Waals surface area contributed by atoms with Crippen molar-refractivity contribution in [3.05, 3.63) is 12.2 Å². The molecule has 1 amide bonds. The molecule has 0 bridgehead atoms. The van der Waals surface area contributed by atoms with E-state index in [0.29, 0.717) is 0 Å². The lowest BCUT2D eigenvalue weighted by atomic mass is 10.2. The molecule has 47 valence electrons. The monoisotopic (exact) mass is 123 g/mol. The van der Waals surface area contributed by atoms with Crippen LogP contribution in [-0.4, -0.2) is 11.6 Å². The van der Waals surface area contributed by atoms with Crippen LogP contribution in [0.1, 0.15) is 13.3 Å². The first-order chi connectivity index (χ1) is 4.33. The lowest BCUT2D eigenvalue weighted by Gasteiger charge is -1.98. The van der Waals surface area contributed by atoms with Crippen LogP contribution in [0, 0.1) is 0 Å². The van der Waals surface area contributed by atoms with Gasteiger partial charge in [-0.05, 0) is 12.5 Å². The summed E-state index contributed by atoms with van der Waals surface area (Å²) in [5.74, 6) is -0.271. The van der Waals surface area contributed by atoms with E-state index in [9.17, 15) is 4.79 Å². The molecule has 1 aliphatic rings. The van der Waals surface area contributed by atoms with E-state index in [2.05, 4.69) is 10.5 Å². The molecule has 1 radical (unpaired) electrons. The van der Waals surface area contributed by atoms with Gasteiger partial charge in [-0.2, -0.15) is 5.10 Å². The maximum absolute atomic E-state index is 10.4. The Kier molecular flexibility index (Phi) is 1.63. The number of allylic oxidation sites excluding steroid dienone is 1. The Balaban J connectivity index is 2.63. The molecule has 0 aromatic carbocycles. The van der Waals surface area contributed by atoms with Crippen molar-refractivity contribution in [1.82, 2.24) is 5.43 Å². The van der Waals surface area contributed by atoms with Gasteiger partial charge in [-0.1, -0.05) is 6.92 Å². The molecular formula is C6H7N2O. The molecule has 0 spiro atoms. The molecule has 0 fully saturated rings. The van der Waals surface area contributed by atoms with Crippen LogP contribution < -0.4 is 5.43 Å². The van der Waals surface area contributed by atoms with Crippen LogP contribution in [0.4, 0.5) is 0 Å². The van der Waals surface area contributed by atoms with Crippen molar-refractivity contribution in [2.75, 3.05) is 0 Å². The minimum atomic E-state index is -0.271. The van der Waals surface area contributed by atoms with Crippen LogP contribution in [0.25, 0.3) is 0 Å². The molecule has 0 N–H and O–H groups in total. The second-order valence-corrected chi connectivity index (χ2v) is 1.72. The van der Waals surface area contributed by atoms with E-state index in [0.717, 1.165) is 12.1 Å². The Hall–Kier alpha value is -1.12. The van der Waals surface area contributed by atoms with E-state index in [1.807, 2.05) is 6.92 Å². The third-order valence-electron chi connectivity index (χ3n) is 1.06. The smallest absolute Gasteiger partial charge is 0.266 e. The summed E-state index contributed by atoms with van der Waals surface area (Å²) in [6, 6.07) is 0. The molecule has 9 heavy (non-hydrogen) atoms. The Morgan fingerprint density at radius 1 is 1.56 bits per heavy atom. The summed E-state index contributed by atoms with van der Waals surface area (Å²) in [6.45, 7) is 1.97. The Morgan fingerprint density at radius 2 is 2.33 bits per heavy atom. The molecular weight excluding hydrogens is 116 g/mol. The zero-order valence-corrected chi connectivity index (χ0v) is 5.16. The second kappa shape index (κ2) is 2.44.